The highest BCUT2D eigenvalue weighted by Crippen LogP contribution is 2.17. The fourth-order valence-electron chi connectivity index (χ4n) is 2.35. The first-order valence-electron chi connectivity index (χ1n) is 8.19. The number of nitrogens with zero attached hydrogens (tertiary/aromatic N) is 1. The van der Waals surface area contributed by atoms with Crippen LogP contribution in [0.2, 0.25) is 0 Å². The summed E-state index contributed by atoms with van der Waals surface area (Å²) in [4.78, 5) is 4.62. The fourth-order valence-corrected chi connectivity index (χ4v) is 3.37. The van der Waals surface area contributed by atoms with E-state index in [-0.39, 0.29) is 11.4 Å². The van der Waals surface area contributed by atoms with Gasteiger partial charge in [0.05, 0.1) is 23.3 Å². The summed E-state index contributed by atoms with van der Waals surface area (Å²) in [5.74, 6) is 1.09. The monoisotopic (exact) mass is 368 g/mol. The lowest BCUT2D eigenvalue weighted by Gasteiger charge is -2.04. The quantitative estimate of drug-likeness (QED) is 0.665. The summed E-state index contributed by atoms with van der Waals surface area (Å²) in [5, 5.41) is 0. The second-order valence-corrected chi connectivity index (χ2v) is 7.74. The van der Waals surface area contributed by atoms with Crippen LogP contribution >= 0.6 is 0 Å². The minimum Gasteiger partial charge on any atom is -0.459 e. The summed E-state index contributed by atoms with van der Waals surface area (Å²) in [6.45, 7) is 4.17. The number of furan rings is 1. The van der Waals surface area contributed by atoms with Crippen LogP contribution in [0.4, 0.5) is 5.69 Å². The van der Waals surface area contributed by atoms with Crippen molar-refractivity contribution in [3.8, 4) is 0 Å². The van der Waals surface area contributed by atoms with Crippen molar-refractivity contribution in [3.05, 3.63) is 83.3 Å². The van der Waals surface area contributed by atoms with Crippen molar-refractivity contribution in [2.24, 2.45) is 4.99 Å². The molecule has 2 aromatic carbocycles. The van der Waals surface area contributed by atoms with Gasteiger partial charge >= 0.3 is 0 Å². The summed E-state index contributed by atoms with van der Waals surface area (Å²) < 4.78 is 32.5. The summed E-state index contributed by atoms with van der Waals surface area (Å²) >= 11 is 0. The van der Waals surface area contributed by atoms with E-state index in [1.54, 1.807) is 48.7 Å². The van der Waals surface area contributed by atoms with Crippen molar-refractivity contribution in [1.29, 1.82) is 0 Å². The van der Waals surface area contributed by atoms with Gasteiger partial charge in [-0.3, -0.25) is 4.99 Å². The molecule has 0 aliphatic rings. The van der Waals surface area contributed by atoms with Crippen LogP contribution < -0.4 is 4.72 Å². The van der Waals surface area contributed by atoms with Gasteiger partial charge in [-0.1, -0.05) is 24.3 Å². The molecule has 0 spiro atoms. The van der Waals surface area contributed by atoms with Crippen molar-refractivity contribution in [1.82, 2.24) is 4.72 Å². The SMILES string of the molecule is Cc1ccc(N=Cc2ccc(CNS(=O)(=O)c3ccccc3)o2)cc1C. The van der Waals surface area contributed by atoms with Crippen molar-refractivity contribution >= 4 is 21.9 Å². The van der Waals surface area contributed by atoms with Crippen LogP contribution in [-0.4, -0.2) is 14.6 Å². The highest BCUT2D eigenvalue weighted by atomic mass is 32.2. The minimum absolute atomic E-state index is 0.0781. The molecule has 0 radical (unpaired) electrons. The van der Waals surface area contributed by atoms with Gasteiger partial charge < -0.3 is 4.42 Å². The molecule has 0 bridgehead atoms. The molecule has 0 saturated carbocycles. The molecule has 1 heterocycles. The maximum Gasteiger partial charge on any atom is 0.240 e. The molecule has 0 unspecified atom stereocenters. The minimum atomic E-state index is -3.56. The van der Waals surface area contributed by atoms with Gasteiger partial charge in [0.15, 0.2) is 0 Å². The molecule has 3 rings (SSSR count). The Bertz CT molecular complexity index is 1020. The molecule has 5 nitrogen and oxygen atoms in total. The molecule has 0 aliphatic carbocycles. The average molecular weight is 368 g/mol. The average Bonchev–Trinajstić information content (AvgIpc) is 3.10. The number of hydrogen-bond donors (Lipinski definition) is 1. The molecule has 26 heavy (non-hydrogen) atoms. The van der Waals surface area contributed by atoms with E-state index in [1.165, 1.54) is 11.1 Å². The van der Waals surface area contributed by atoms with E-state index in [0.29, 0.717) is 11.5 Å². The lowest BCUT2D eigenvalue weighted by molar-refractivity contribution is 0.494. The Morgan fingerprint density at radius 2 is 1.77 bits per heavy atom. The Hall–Kier alpha value is -2.70. The van der Waals surface area contributed by atoms with Crippen molar-refractivity contribution in [2.45, 2.75) is 25.3 Å². The molecule has 0 saturated heterocycles. The van der Waals surface area contributed by atoms with Gasteiger partial charge in [0.2, 0.25) is 10.0 Å². The number of benzene rings is 2. The topological polar surface area (TPSA) is 71.7 Å². The largest absolute Gasteiger partial charge is 0.459 e. The molecule has 0 atom stereocenters. The van der Waals surface area contributed by atoms with Crippen LogP contribution in [0.5, 0.6) is 0 Å². The van der Waals surface area contributed by atoms with Gasteiger partial charge in [0.25, 0.3) is 0 Å². The van der Waals surface area contributed by atoms with Gasteiger partial charge in [0.1, 0.15) is 11.5 Å². The van der Waals surface area contributed by atoms with E-state index >= 15 is 0 Å². The lowest BCUT2D eigenvalue weighted by Crippen LogP contribution is -2.22. The first-order valence-corrected chi connectivity index (χ1v) is 9.67. The number of aryl methyl sites for hydroxylation is 2. The zero-order chi connectivity index (χ0) is 18.6. The first-order chi connectivity index (χ1) is 12.4. The second-order valence-electron chi connectivity index (χ2n) is 5.97. The normalized spacial score (nSPS) is 11.9. The molecule has 134 valence electrons. The lowest BCUT2D eigenvalue weighted by atomic mass is 10.1. The summed E-state index contributed by atoms with van der Waals surface area (Å²) in [7, 11) is -3.56. The molecular formula is C20H20N2O3S. The number of nitrogens with one attached hydrogen (secondary N) is 1. The molecule has 1 aromatic heterocycles. The van der Waals surface area contributed by atoms with E-state index in [0.717, 1.165) is 5.69 Å². The standard InChI is InChI=1S/C20H20N2O3S/c1-15-8-9-17(12-16(15)2)21-13-18-10-11-19(25-18)14-22-26(23,24)20-6-4-3-5-7-20/h3-13,22H,14H2,1-2H3. The first kappa shape index (κ1) is 18.1. The zero-order valence-electron chi connectivity index (χ0n) is 14.6. The molecule has 3 aromatic rings. The van der Waals surface area contributed by atoms with Gasteiger partial charge in [-0.25, -0.2) is 13.1 Å². The number of sulfonamides is 1. The Morgan fingerprint density at radius 1 is 1.00 bits per heavy atom. The Kier molecular flexibility index (Phi) is 5.35. The van der Waals surface area contributed by atoms with E-state index < -0.39 is 10.0 Å². The molecular weight excluding hydrogens is 348 g/mol. The molecule has 6 heteroatoms. The Morgan fingerprint density at radius 3 is 2.50 bits per heavy atom. The van der Waals surface area contributed by atoms with E-state index in [9.17, 15) is 8.42 Å². The predicted molar refractivity (Wildman–Crippen MR) is 102 cm³/mol. The predicted octanol–water partition coefficient (Wildman–Crippen LogP) is 4.13. The molecule has 0 amide bonds. The van der Waals surface area contributed by atoms with Gasteiger partial charge in [-0.2, -0.15) is 0 Å². The van der Waals surface area contributed by atoms with Gasteiger partial charge in [-0.15, -0.1) is 0 Å². The van der Waals surface area contributed by atoms with Crippen molar-refractivity contribution < 1.29 is 12.8 Å². The van der Waals surface area contributed by atoms with Crippen LogP contribution in [0.25, 0.3) is 0 Å². The summed E-state index contributed by atoms with van der Waals surface area (Å²) in [5.41, 5.74) is 3.24. The zero-order valence-corrected chi connectivity index (χ0v) is 15.5. The summed E-state index contributed by atoms with van der Waals surface area (Å²) in [6, 6.07) is 17.7. The Labute approximate surface area is 153 Å². The van der Waals surface area contributed by atoms with Crippen LogP contribution in [0.15, 0.2) is 75.0 Å². The maximum absolute atomic E-state index is 12.2. The highest BCUT2D eigenvalue weighted by Gasteiger charge is 2.13. The third-order valence-electron chi connectivity index (χ3n) is 4.00. The molecule has 0 fully saturated rings. The van der Waals surface area contributed by atoms with E-state index in [2.05, 4.69) is 16.6 Å². The van der Waals surface area contributed by atoms with Gasteiger partial charge in [0, 0.05) is 0 Å². The highest BCUT2D eigenvalue weighted by molar-refractivity contribution is 7.89. The van der Waals surface area contributed by atoms with Gasteiger partial charge in [-0.05, 0) is 61.4 Å². The van der Waals surface area contributed by atoms with Crippen LogP contribution in [0, 0.1) is 13.8 Å². The maximum atomic E-state index is 12.2. The van der Waals surface area contributed by atoms with Crippen molar-refractivity contribution in [2.75, 3.05) is 0 Å². The van der Waals surface area contributed by atoms with E-state index in [1.807, 2.05) is 25.1 Å². The second kappa shape index (κ2) is 7.68. The fraction of sp³-hybridized carbons (Fsp3) is 0.150. The Balaban J connectivity index is 1.64. The van der Waals surface area contributed by atoms with Crippen LogP contribution in [0.3, 0.4) is 0 Å². The number of hydrogen-bond acceptors (Lipinski definition) is 4. The molecule has 1 N–H and O–H groups in total. The number of rotatable bonds is 6. The molecule has 0 aliphatic heterocycles. The third kappa shape index (κ3) is 4.47. The van der Waals surface area contributed by atoms with Crippen LogP contribution in [0.1, 0.15) is 22.6 Å². The van der Waals surface area contributed by atoms with Crippen LogP contribution in [-0.2, 0) is 16.6 Å². The third-order valence-corrected chi connectivity index (χ3v) is 5.42. The number of aliphatic imine (C=N–C) groups is 1. The van der Waals surface area contributed by atoms with Crippen molar-refractivity contribution in [3.63, 3.8) is 0 Å². The van der Waals surface area contributed by atoms with E-state index in [4.69, 9.17) is 4.42 Å². The smallest absolute Gasteiger partial charge is 0.240 e. The summed E-state index contributed by atoms with van der Waals surface area (Å²) in [6.07, 6.45) is 1.62.